The summed E-state index contributed by atoms with van der Waals surface area (Å²) in [5, 5.41) is 6.64. The summed E-state index contributed by atoms with van der Waals surface area (Å²) in [6, 6.07) is 8.54. The minimum atomic E-state index is 0.739. The smallest absolute Gasteiger partial charge is 0.191 e. The van der Waals surface area contributed by atoms with E-state index in [1.54, 1.807) is 13.2 Å². The molecule has 0 atom stereocenters. The lowest BCUT2D eigenvalue weighted by Gasteiger charge is -2.12. The van der Waals surface area contributed by atoms with Crippen molar-refractivity contribution in [1.29, 1.82) is 0 Å². The Balaban J connectivity index is 1.78. The Labute approximate surface area is 144 Å². The number of rotatable bonds is 9. The van der Waals surface area contributed by atoms with Gasteiger partial charge >= 0.3 is 0 Å². The number of imidazole rings is 1. The van der Waals surface area contributed by atoms with Crippen molar-refractivity contribution >= 4 is 5.96 Å². The monoisotopic (exact) mass is 329 g/mol. The van der Waals surface area contributed by atoms with E-state index >= 15 is 0 Å². The van der Waals surface area contributed by atoms with Crippen LogP contribution in [0.4, 0.5) is 0 Å². The largest absolute Gasteiger partial charge is 0.382 e. The molecule has 2 aromatic rings. The van der Waals surface area contributed by atoms with Crippen molar-refractivity contribution in [2.75, 3.05) is 26.8 Å². The Hall–Kier alpha value is -2.34. The molecule has 0 aliphatic rings. The lowest BCUT2D eigenvalue weighted by Crippen LogP contribution is -2.37. The van der Waals surface area contributed by atoms with Crippen molar-refractivity contribution in [3.63, 3.8) is 0 Å². The molecule has 0 amide bonds. The lowest BCUT2D eigenvalue weighted by atomic mass is 10.1. The van der Waals surface area contributed by atoms with Crippen molar-refractivity contribution in [3.8, 4) is 0 Å². The topological polar surface area (TPSA) is 63.5 Å². The van der Waals surface area contributed by atoms with Gasteiger partial charge in [-0.1, -0.05) is 24.3 Å². The number of benzene rings is 1. The van der Waals surface area contributed by atoms with E-state index in [9.17, 15) is 0 Å². The van der Waals surface area contributed by atoms with E-state index in [1.165, 1.54) is 11.1 Å². The van der Waals surface area contributed by atoms with Crippen molar-refractivity contribution in [3.05, 3.63) is 54.1 Å². The number of nitrogens with zero attached hydrogens (tertiary/aromatic N) is 3. The van der Waals surface area contributed by atoms with Crippen LogP contribution < -0.4 is 10.6 Å². The third kappa shape index (κ3) is 6.42. The molecule has 130 valence electrons. The second-order valence-electron chi connectivity index (χ2n) is 5.46. The van der Waals surface area contributed by atoms with Gasteiger partial charge in [-0.15, -0.1) is 0 Å². The van der Waals surface area contributed by atoms with Crippen LogP contribution in [0.3, 0.4) is 0 Å². The molecule has 24 heavy (non-hydrogen) atoms. The zero-order valence-electron chi connectivity index (χ0n) is 14.5. The van der Waals surface area contributed by atoms with Gasteiger partial charge in [0, 0.05) is 52.3 Å². The molecule has 0 unspecified atom stereocenters. The van der Waals surface area contributed by atoms with Gasteiger partial charge in [0.05, 0.1) is 6.33 Å². The third-order valence-electron chi connectivity index (χ3n) is 3.56. The van der Waals surface area contributed by atoms with Gasteiger partial charge in [-0.05, 0) is 24.5 Å². The number of hydrogen-bond acceptors (Lipinski definition) is 3. The number of hydrogen-bond donors (Lipinski definition) is 2. The molecular weight excluding hydrogens is 302 g/mol. The first-order valence-electron chi connectivity index (χ1n) is 8.37. The fourth-order valence-electron chi connectivity index (χ4n) is 2.36. The first-order chi connectivity index (χ1) is 11.8. The van der Waals surface area contributed by atoms with Crippen molar-refractivity contribution in [1.82, 2.24) is 20.2 Å². The Morgan fingerprint density at radius 2 is 2.17 bits per heavy atom. The van der Waals surface area contributed by atoms with Gasteiger partial charge in [-0.2, -0.15) is 0 Å². The molecule has 2 rings (SSSR count). The minimum Gasteiger partial charge on any atom is -0.382 e. The van der Waals surface area contributed by atoms with Crippen molar-refractivity contribution in [2.45, 2.75) is 26.4 Å². The van der Waals surface area contributed by atoms with E-state index in [4.69, 9.17) is 4.74 Å². The molecule has 1 aromatic carbocycles. The number of ether oxygens (including phenoxy) is 1. The Morgan fingerprint density at radius 1 is 1.29 bits per heavy atom. The summed E-state index contributed by atoms with van der Waals surface area (Å²) >= 11 is 0. The molecule has 0 aliphatic heterocycles. The molecular formula is C18H27N5O. The second kappa shape index (κ2) is 10.4. The van der Waals surface area contributed by atoms with E-state index in [-0.39, 0.29) is 0 Å². The Bertz CT molecular complexity index is 610. The van der Waals surface area contributed by atoms with Crippen LogP contribution >= 0.6 is 0 Å². The highest BCUT2D eigenvalue weighted by Crippen LogP contribution is 2.07. The zero-order chi connectivity index (χ0) is 17.0. The highest BCUT2D eigenvalue weighted by molar-refractivity contribution is 5.79. The molecule has 0 bridgehead atoms. The van der Waals surface area contributed by atoms with Crippen LogP contribution in [0.5, 0.6) is 0 Å². The van der Waals surface area contributed by atoms with Crippen LogP contribution in [0.2, 0.25) is 0 Å². The SMILES string of the molecule is CCOCCCNC(=NC)NCc1cccc(Cn2ccnc2)c1. The van der Waals surface area contributed by atoms with E-state index in [0.29, 0.717) is 0 Å². The predicted octanol–water partition coefficient (Wildman–Crippen LogP) is 2.02. The molecule has 2 N–H and O–H groups in total. The van der Waals surface area contributed by atoms with Gasteiger partial charge in [0.25, 0.3) is 0 Å². The Morgan fingerprint density at radius 3 is 2.92 bits per heavy atom. The number of aliphatic imine (C=N–C) groups is 1. The van der Waals surface area contributed by atoms with Gasteiger partial charge in [-0.25, -0.2) is 4.98 Å². The zero-order valence-corrected chi connectivity index (χ0v) is 14.5. The molecule has 0 saturated heterocycles. The molecule has 0 spiro atoms. The van der Waals surface area contributed by atoms with Crippen LogP contribution in [0.1, 0.15) is 24.5 Å². The van der Waals surface area contributed by atoms with Gasteiger partial charge in [0.2, 0.25) is 0 Å². The maximum Gasteiger partial charge on any atom is 0.191 e. The molecule has 6 nitrogen and oxygen atoms in total. The standard InChI is InChI=1S/C18H27N5O/c1-3-24-11-5-8-21-18(19-2)22-13-16-6-4-7-17(12-16)14-23-10-9-20-15-23/h4,6-7,9-10,12,15H,3,5,8,11,13-14H2,1-2H3,(H2,19,21,22). The van der Waals surface area contributed by atoms with E-state index in [0.717, 1.165) is 45.2 Å². The molecule has 0 radical (unpaired) electrons. The van der Waals surface area contributed by atoms with Gasteiger partial charge in [0.1, 0.15) is 0 Å². The van der Waals surface area contributed by atoms with Gasteiger partial charge < -0.3 is 19.9 Å². The van der Waals surface area contributed by atoms with Gasteiger partial charge in [-0.3, -0.25) is 4.99 Å². The molecule has 6 heteroatoms. The van der Waals surface area contributed by atoms with E-state index in [2.05, 4.69) is 49.4 Å². The summed E-state index contributed by atoms with van der Waals surface area (Å²) in [4.78, 5) is 8.32. The normalized spacial score (nSPS) is 11.5. The molecule has 1 aromatic heterocycles. The maximum atomic E-state index is 5.33. The fourth-order valence-corrected chi connectivity index (χ4v) is 2.36. The second-order valence-corrected chi connectivity index (χ2v) is 5.46. The average Bonchev–Trinajstić information content (AvgIpc) is 3.11. The van der Waals surface area contributed by atoms with Gasteiger partial charge in [0.15, 0.2) is 5.96 Å². The summed E-state index contributed by atoms with van der Waals surface area (Å²) in [6.45, 7) is 5.97. The average molecular weight is 329 g/mol. The van der Waals surface area contributed by atoms with E-state index < -0.39 is 0 Å². The van der Waals surface area contributed by atoms with Crippen LogP contribution in [0, 0.1) is 0 Å². The van der Waals surface area contributed by atoms with Crippen LogP contribution in [-0.2, 0) is 17.8 Å². The third-order valence-corrected chi connectivity index (χ3v) is 3.56. The number of guanidine groups is 1. The van der Waals surface area contributed by atoms with Crippen LogP contribution in [-0.4, -0.2) is 42.3 Å². The van der Waals surface area contributed by atoms with Crippen LogP contribution in [0.15, 0.2) is 48.0 Å². The van der Waals surface area contributed by atoms with Crippen LogP contribution in [0.25, 0.3) is 0 Å². The molecule has 1 heterocycles. The molecule has 0 aliphatic carbocycles. The first-order valence-corrected chi connectivity index (χ1v) is 8.37. The molecule has 0 saturated carbocycles. The summed E-state index contributed by atoms with van der Waals surface area (Å²) < 4.78 is 7.39. The van der Waals surface area contributed by atoms with Crippen molar-refractivity contribution in [2.24, 2.45) is 4.99 Å². The minimum absolute atomic E-state index is 0.739. The van der Waals surface area contributed by atoms with E-state index in [1.807, 2.05) is 19.4 Å². The highest BCUT2D eigenvalue weighted by Gasteiger charge is 2.00. The highest BCUT2D eigenvalue weighted by atomic mass is 16.5. The Kier molecular flexibility index (Phi) is 7.83. The predicted molar refractivity (Wildman–Crippen MR) is 97.1 cm³/mol. The molecule has 0 fully saturated rings. The quantitative estimate of drug-likeness (QED) is 0.420. The van der Waals surface area contributed by atoms with Crippen molar-refractivity contribution < 1.29 is 4.74 Å². The fraction of sp³-hybridized carbons (Fsp3) is 0.444. The summed E-state index contributed by atoms with van der Waals surface area (Å²) in [5.74, 6) is 0.812. The summed E-state index contributed by atoms with van der Waals surface area (Å²) in [5.41, 5.74) is 2.48. The summed E-state index contributed by atoms with van der Waals surface area (Å²) in [7, 11) is 1.79. The maximum absolute atomic E-state index is 5.33. The lowest BCUT2D eigenvalue weighted by molar-refractivity contribution is 0.145. The number of nitrogens with one attached hydrogen (secondary N) is 2. The first kappa shape index (κ1) is 18.0. The number of aromatic nitrogens is 2. The summed E-state index contributed by atoms with van der Waals surface area (Å²) in [6.07, 6.45) is 6.57.